The van der Waals surface area contributed by atoms with Gasteiger partial charge < -0.3 is 15.0 Å². The van der Waals surface area contributed by atoms with E-state index in [2.05, 4.69) is 4.99 Å². The number of halogens is 1. The number of carbonyl (C=O) groups excluding carboxylic acids is 2. The zero-order valence-corrected chi connectivity index (χ0v) is 16.3. The number of anilines is 1. The number of nitrogen functional groups attached to an aromatic ring is 1. The maximum Gasteiger partial charge on any atom is 0.329 e. The molecule has 0 aliphatic heterocycles. The van der Waals surface area contributed by atoms with Crippen molar-refractivity contribution < 1.29 is 18.7 Å². The van der Waals surface area contributed by atoms with Crippen LogP contribution < -0.4 is 10.5 Å². The topological polar surface area (TPSA) is 86.7 Å². The van der Waals surface area contributed by atoms with E-state index >= 15 is 0 Å². The van der Waals surface area contributed by atoms with Crippen molar-refractivity contribution in [2.75, 3.05) is 12.3 Å². The Labute approximate surface area is 165 Å². The van der Waals surface area contributed by atoms with Gasteiger partial charge >= 0.3 is 5.97 Å². The molecule has 0 saturated carbocycles. The first-order valence-corrected chi connectivity index (χ1v) is 9.68. The maximum atomic E-state index is 13.3. The average Bonchev–Trinajstić information content (AvgIpc) is 3.00. The van der Waals surface area contributed by atoms with Crippen LogP contribution in [0.15, 0.2) is 47.5 Å². The molecule has 2 N–H and O–H groups in total. The van der Waals surface area contributed by atoms with Gasteiger partial charge in [-0.05, 0) is 43.7 Å². The first-order chi connectivity index (χ1) is 13.5. The van der Waals surface area contributed by atoms with Gasteiger partial charge in [0.05, 0.1) is 22.4 Å². The zero-order valence-electron chi connectivity index (χ0n) is 15.5. The van der Waals surface area contributed by atoms with Crippen molar-refractivity contribution in [1.82, 2.24) is 4.57 Å². The first kappa shape index (κ1) is 19.8. The Morgan fingerprint density at radius 2 is 2.00 bits per heavy atom. The molecule has 1 aromatic heterocycles. The highest BCUT2D eigenvalue weighted by Crippen LogP contribution is 2.23. The molecule has 0 radical (unpaired) electrons. The molecular weight excluding hydrogens is 381 g/mol. The summed E-state index contributed by atoms with van der Waals surface area (Å²) in [7, 11) is 0. The Morgan fingerprint density at radius 3 is 2.68 bits per heavy atom. The Kier molecular flexibility index (Phi) is 5.89. The Bertz CT molecular complexity index is 1100. The van der Waals surface area contributed by atoms with E-state index in [0.29, 0.717) is 11.2 Å². The minimum atomic E-state index is -0.617. The van der Waals surface area contributed by atoms with E-state index in [-0.39, 0.29) is 23.8 Å². The lowest BCUT2D eigenvalue weighted by Gasteiger charge is -2.16. The molecular formula is C20H20FN3O3S. The van der Waals surface area contributed by atoms with Crippen molar-refractivity contribution in [1.29, 1.82) is 0 Å². The van der Waals surface area contributed by atoms with Crippen LogP contribution in [0, 0.1) is 5.82 Å². The number of amides is 1. The fourth-order valence-corrected chi connectivity index (χ4v) is 4.01. The third-order valence-corrected chi connectivity index (χ3v) is 5.27. The minimum absolute atomic E-state index is 0.0128. The van der Waals surface area contributed by atoms with Gasteiger partial charge in [-0.2, -0.15) is 4.99 Å². The molecule has 0 aliphatic rings. The third-order valence-electron chi connectivity index (χ3n) is 4.23. The highest BCUT2D eigenvalue weighted by Gasteiger charge is 2.24. The summed E-state index contributed by atoms with van der Waals surface area (Å²) in [4.78, 5) is 29.7. The second-order valence-corrected chi connectivity index (χ2v) is 7.06. The van der Waals surface area contributed by atoms with Crippen molar-refractivity contribution >= 4 is 39.1 Å². The number of nitrogens with two attached hydrogens (primary N) is 1. The molecule has 0 fully saturated rings. The van der Waals surface area contributed by atoms with E-state index < -0.39 is 17.8 Å². The molecule has 146 valence electrons. The number of nitrogens with zero attached hydrogens (tertiary/aromatic N) is 2. The van der Waals surface area contributed by atoms with Gasteiger partial charge in [0.25, 0.3) is 5.91 Å². The lowest BCUT2D eigenvalue weighted by atomic mass is 10.1. The van der Waals surface area contributed by atoms with Crippen LogP contribution in [0.4, 0.5) is 10.1 Å². The van der Waals surface area contributed by atoms with Crippen LogP contribution in [0.3, 0.4) is 0 Å². The van der Waals surface area contributed by atoms with Crippen molar-refractivity contribution in [2.45, 2.75) is 26.3 Å². The molecule has 28 heavy (non-hydrogen) atoms. The fourth-order valence-electron chi connectivity index (χ4n) is 2.94. The van der Waals surface area contributed by atoms with Crippen molar-refractivity contribution in [3.05, 3.63) is 58.6 Å². The summed E-state index contributed by atoms with van der Waals surface area (Å²) in [5, 5.41) is 0. The van der Waals surface area contributed by atoms with E-state index in [1.165, 1.54) is 17.4 Å². The van der Waals surface area contributed by atoms with E-state index in [4.69, 9.17) is 10.5 Å². The van der Waals surface area contributed by atoms with Gasteiger partial charge in [-0.3, -0.25) is 4.79 Å². The molecule has 2 aromatic carbocycles. The number of ether oxygens (including phenoxy) is 1. The van der Waals surface area contributed by atoms with Crippen molar-refractivity contribution in [2.24, 2.45) is 4.99 Å². The van der Waals surface area contributed by atoms with Gasteiger partial charge in [0.1, 0.15) is 11.9 Å². The van der Waals surface area contributed by atoms with E-state index in [1.807, 2.05) is 31.2 Å². The third kappa shape index (κ3) is 3.82. The lowest BCUT2D eigenvalue weighted by Crippen LogP contribution is -2.29. The number of fused-ring (bicyclic) bond motifs is 1. The summed E-state index contributed by atoms with van der Waals surface area (Å²) in [6.07, 6.45) is 0.472. The average molecular weight is 401 g/mol. The SMILES string of the molecule is CCOC(=O)C(CC)n1c(=NC(=O)c2ccc(F)cc2N)sc2ccccc21. The molecule has 3 aromatic rings. The van der Waals surface area contributed by atoms with Gasteiger partial charge in [-0.1, -0.05) is 30.4 Å². The van der Waals surface area contributed by atoms with Crippen LogP contribution in [0.5, 0.6) is 0 Å². The summed E-state index contributed by atoms with van der Waals surface area (Å²) in [6.45, 7) is 3.87. The Morgan fingerprint density at radius 1 is 1.25 bits per heavy atom. The number of hydrogen-bond acceptors (Lipinski definition) is 5. The van der Waals surface area contributed by atoms with E-state index in [9.17, 15) is 14.0 Å². The highest BCUT2D eigenvalue weighted by atomic mass is 32.1. The molecule has 6 nitrogen and oxygen atoms in total. The summed E-state index contributed by atoms with van der Waals surface area (Å²) >= 11 is 1.29. The molecule has 1 unspecified atom stereocenters. The van der Waals surface area contributed by atoms with Crippen LogP contribution in [0.25, 0.3) is 10.2 Å². The predicted octanol–water partition coefficient (Wildman–Crippen LogP) is 3.68. The first-order valence-electron chi connectivity index (χ1n) is 8.87. The summed E-state index contributed by atoms with van der Waals surface area (Å²) in [6, 6.07) is 10.4. The van der Waals surface area contributed by atoms with Gasteiger partial charge in [0, 0.05) is 5.69 Å². The van der Waals surface area contributed by atoms with Crippen LogP contribution in [0.2, 0.25) is 0 Å². The molecule has 1 heterocycles. The molecule has 0 saturated heterocycles. The molecule has 0 aliphatic carbocycles. The van der Waals surface area contributed by atoms with Gasteiger partial charge in [-0.25, -0.2) is 9.18 Å². The number of carbonyl (C=O) groups is 2. The number of hydrogen-bond donors (Lipinski definition) is 1. The van der Waals surface area contributed by atoms with Crippen LogP contribution >= 0.6 is 11.3 Å². The predicted molar refractivity (Wildman–Crippen MR) is 106 cm³/mol. The smallest absolute Gasteiger partial charge is 0.329 e. The summed E-state index contributed by atoms with van der Waals surface area (Å²) < 4.78 is 21.1. The van der Waals surface area contributed by atoms with Crippen molar-refractivity contribution in [3.8, 4) is 0 Å². The van der Waals surface area contributed by atoms with Crippen LogP contribution in [-0.4, -0.2) is 23.1 Å². The molecule has 0 spiro atoms. The number of aromatic nitrogens is 1. The number of benzene rings is 2. The van der Waals surface area contributed by atoms with Crippen LogP contribution in [0.1, 0.15) is 36.7 Å². The quantitative estimate of drug-likeness (QED) is 0.522. The standard InChI is InChI=1S/C20H20FN3O3S/c1-3-15(19(26)27-4-2)24-16-7-5-6-8-17(16)28-20(24)23-18(25)13-10-9-12(21)11-14(13)22/h5-11,15H,3-4,22H2,1-2H3. The number of thiazole rings is 1. The number of esters is 1. The second-order valence-electron chi connectivity index (χ2n) is 6.05. The second kappa shape index (κ2) is 8.35. The Balaban J connectivity index is 2.18. The monoisotopic (exact) mass is 401 g/mol. The number of para-hydroxylation sites is 1. The fraction of sp³-hybridized carbons (Fsp3) is 0.250. The maximum absolute atomic E-state index is 13.3. The van der Waals surface area contributed by atoms with Crippen LogP contribution in [-0.2, 0) is 9.53 Å². The molecule has 3 rings (SSSR count). The largest absolute Gasteiger partial charge is 0.464 e. The molecule has 1 atom stereocenters. The van der Waals surface area contributed by atoms with Gasteiger partial charge in [0.15, 0.2) is 4.80 Å². The normalized spacial score (nSPS) is 12.9. The molecule has 8 heteroatoms. The van der Waals surface area contributed by atoms with Crippen molar-refractivity contribution in [3.63, 3.8) is 0 Å². The molecule has 1 amide bonds. The van der Waals surface area contributed by atoms with Gasteiger partial charge in [-0.15, -0.1) is 0 Å². The summed E-state index contributed by atoms with van der Waals surface area (Å²) in [5.41, 5.74) is 6.67. The highest BCUT2D eigenvalue weighted by molar-refractivity contribution is 7.16. The zero-order chi connectivity index (χ0) is 20.3. The number of rotatable bonds is 5. The van der Waals surface area contributed by atoms with Gasteiger partial charge in [0.2, 0.25) is 0 Å². The lowest BCUT2D eigenvalue weighted by molar-refractivity contribution is -0.147. The van der Waals surface area contributed by atoms with E-state index in [0.717, 1.165) is 22.3 Å². The van der Waals surface area contributed by atoms with E-state index in [1.54, 1.807) is 11.5 Å². The summed E-state index contributed by atoms with van der Waals surface area (Å²) in [5.74, 6) is -1.51. The molecule has 0 bridgehead atoms. The minimum Gasteiger partial charge on any atom is -0.464 e. The Hall–Kier alpha value is -3.00.